The molecule has 1 aliphatic heterocycles. The summed E-state index contributed by atoms with van der Waals surface area (Å²) in [6, 6.07) is -4.44. The molecule has 268 valence electrons. The lowest BCUT2D eigenvalue weighted by atomic mass is 9.55. The van der Waals surface area contributed by atoms with Gasteiger partial charge in [0.2, 0.25) is 17.6 Å². The van der Waals surface area contributed by atoms with E-state index >= 15 is 0 Å². The SMILES string of the molecule is CC1(C)CC2C1CN(C(=O)[C@@H](NC(=O)N[C@H](CS(=O)(=O)C(C)(C)C)C(C)(C)C)C(C)(C)C)[C@@H]2C(=O)NC(CC1CCC1)C(=O)C(N)=O. The molecule has 3 rings (SSSR count). The van der Waals surface area contributed by atoms with Crippen molar-refractivity contribution in [2.24, 2.45) is 39.7 Å². The van der Waals surface area contributed by atoms with E-state index in [1.807, 2.05) is 41.5 Å². The molecule has 0 radical (unpaired) electrons. The summed E-state index contributed by atoms with van der Waals surface area (Å²) in [7, 11) is -3.59. The number of nitrogens with one attached hydrogen (secondary N) is 3. The highest BCUT2D eigenvalue weighted by Gasteiger charge is 2.61. The fourth-order valence-corrected chi connectivity index (χ4v) is 8.52. The molecule has 6 atom stereocenters. The Bertz CT molecular complexity index is 1350. The second kappa shape index (κ2) is 13.3. The summed E-state index contributed by atoms with van der Waals surface area (Å²) in [6.07, 6.45) is 3.85. The van der Waals surface area contributed by atoms with E-state index in [0.717, 1.165) is 19.3 Å². The van der Waals surface area contributed by atoms with Gasteiger partial charge in [-0.3, -0.25) is 19.2 Å². The molecule has 1 saturated heterocycles. The first-order valence-corrected chi connectivity index (χ1v) is 18.6. The number of carbonyl (C=O) groups excluding carboxylic acids is 5. The molecule has 5 N–H and O–H groups in total. The van der Waals surface area contributed by atoms with Crippen LogP contribution in [0.1, 0.15) is 108 Å². The molecule has 0 aromatic carbocycles. The van der Waals surface area contributed by atoms with Gasteiger partial charge in [0, 0.05) is 12.6 Å². The minimum Gasteiger partial charge on any atom is -0.363 e. The van der Waals surface area contributed by atoms with Crippen molar-refractivity contribution in [2.45, 2.75) is 137 Å². The molecule has 3 fully saturated rings. The van der Waals surface area contributed by atoms with Gasteiger partial charge in [-0.25, -0.2) is 13.2 Å². The number of Topliss-reactive ketones (excluding diaryl/α,β-unsaturated/α-hetero) is 1. The normalized spacial score (nSPS) is 24.9. The van der Waals surface area contributed by atoms with E-state index in [2.05, 4.69) is 29.8 Å². The van der Waals surface area contributed by atoms with Crippen molar-refractivity contribution in [3.05, 3.63) is 0 Å². The molecule has 12 nitrogen and oxygen atoms in total. The number of nitrogens with zero attached hydrogens (tertiary/aromatic N) is 1. The standard InChI is InChI=1S/C34H59N5O7S/c1-31(2,3)23(18-47(45,46)33(7,8)9)37-30(44)38-26(32(4,5)6)29(43)39-17-21-20(16-34(21,10)11)24(39)28(42)36-22(25(40)27(35)41)15-19-13-12-14-19/h19-24,26H,12-18H2,1-11H3,(H2,35,41)(H,36,42)(H2,37,38,44)/t20?,21?,22?,23-,24+,26-/m1/s1. The van der Waals surface area contributed by atoms with Crippen molar-refractivity contribution in [3.8, 4) is 0 Å². The van der Waals surface area contributed by atoms with Gasteiger partial charge >= 0.3 is 6.03 Å². The van der Waals surface area contributed by atoms with Crippen molar-refractivity contribution in [1.29, 1.82) is 0 Å². The maximum Gasteiger partial charge on any atom is 0.315 e. The van der Waals surface area contributed by atoms with E-state index in [-0.39, 0.29) is 28.9 Å². The number of hydrogen-bond acceptors (Lipinski definition) is 7. The maximum absolute atomic E-state index is 14.4. The molecule has 47 heavy (non-hydrogen) atoms. The summed E-state index contributed by atoms with van der Waals surface area (Å²) in [6.45, 7) is 20.3. The Balaban J connectivity index is 1.88. The average Bonchev–Trinajstić information content (AvgIpc) is 3.20. The van der Waals surface area contributed by atoms with Crippen LogP contribution in [-0.4, -0.2) is 84.1 Å². The lowest BCUT2D eigenvalue weighted by Gasteiger charge is -2.48. The average molecular weight is 682 g/mol. The summed E-state index contributed by atoms with van der Waals surface area (Å²) >= 11 is 0. The molecule has 0 spiro atoms. The van der Waals surface area contributed by atoms with Crippen LogP contribution in [0.3, 0.4) is 0 Å². The van der Waals surface area contributed by atoms with Gasteiger partial charge in [-0.15, -0.1) is 0 Å². The maximum atomic E-state index is 14.4. The van der Waals surface area contributed by atoms with Gasteiger partial charge in [-0.2, -0.15) is 0 Å². The smallest absolute Gasteiger partial charge is 0.315 e. The number of rotatable bonds is 11. The van der Waals surface area contributed by atoms with Crippen LogP contribution in [0.25, 0.3) is 0 Å². The third kappa shape index (κ3) is 8.67. The molecule has 0 bridgehead atoms. The summed E-state index contributed by atoms with van der Waals surface area (Å²) in [5.41, 5.74) is 3.83. The van der Waals surface area contributed by atoms with Gasteiger partial charge in [0.25, 0.3) is 5.91 Å². The third-order valence-corrected chi connectivity index (χ3v) is 13.3. The van der Waals surface area contributed by atoms with E-state index in [1.54, 1.807) is 20.8 Å². The van der Waals surface area contributed by atoms with Gasteiger partial charge in [0.15, 0.2) is 9.84 Å². The quantitative estimate of drug-likeness (QED) is 0.242. The zero-order valence-corrected chi connectivity index (χ0v) is 31.1. The Morgan fingerprint density at radius 1 is 0.894 bits per heavy atom. The molecule has 0 aromatic rings. The minimum absolute atomic E-state index is 0.0291. The third-order valence-electron chi connectivity index (χ3n) is 10.7. The van der Waals surface area contributed by atoms with Crippen LogP contribution < -0.4 is 21.7 Å². The van der Waals surface area contributed by atoms with Gasteiger partial charge in [0.05, 0.1) is 16.5 Å². The fraction of sp³-hybridized carbons (Fsp3) is 0.853. The lowest BCUT2D eigenvalue weighted by molar-refractivity contribution is -0.144. The van der Waals surface area contributed by atoms with Crippen LogP contribution in [0.4, 0.5) is 4.79 Å². The highest BCUT2D eigenvalue weighted by Crippen LogP contribution is 2.57. The minimum atomic E-state index is -3.59. The Labute approximate surface area is 281 Å². The largest absolute Gasteiger partial charge is 0.363 e. The van der Waals surface area contributed by atoms with E-state index in [4.69, 9.17) is 5.73 Å². The molecule has 1 heterocycles. The van der Waals surface area contributed by atoms with Crippen LogP contribution in [0.2, 0.25) is 0 Å². The molecule has 2 aliphatic carbocycles. The van der Waals surface area contributed by atoms with Crippen molar-refractivity contribution >= 4 is 39.4 Å². The Hall–Kier alpha value is -2.70. The summed E-state index contributed by atoms with van der Waals surface area (Å²) in [5, 5.41) is 8.44. The zero-order chi connectivity index (χ0) is 36.1. The van der Waals surface area contributed by atoms with E-state index in [9.17, 15) is 32.4 Å². The number of nitrogens with two attached hydrogens (primary N) is 1. The molecular weight excluding hydrogens is 622 g/mol. The van der Waals surface area contributed by atoms with Gasteiger partial charge in [-0.1, -0.05) is 74.7 Å². The summed E-state index contributed by atoms with van der Waals surface area (Å²) in [4.78, 5) is 68.1. The Morgan fingerprint density at radius 3 is 1.89 bits per heavy atom. The number of urea groups is 1. The molecular formula is C34H59N5O7S. The highest BCUT2D eigenvalue weighted by atomic mass is 32.2. The Morgan fingerprint density at radius 2 is 1.47 bits per heavy atom. The predicted molar refractivity (Wildman–Crippen MR) is 181 cm³/mol. The molecule has 2 saturated carbocycles. The number of carbonyl (C=O) groups is 5. The van der Waals surface area contributed by atoms with E-state index in [1.165, 1.54) is 4.90 Å². The number of sulfone groups is 1. The number of hydrogen-bond donors (Lipinski definition) is 4. The first-order chi connectivity index (χ1) is 21.2. The number of primary amides is 1. The zero-order valence-electron chi connectivity index (χ0n) is 30.3. The molecule has 0 aromatic heterocycles. The van der Waals surface area contributed by atoms with Gasteiger partial charge in [-0.05, 0) is 67.6 Å². The van der Waals surface area contributed by atoms with Crippen LogP contribution in [0.5, 0.6) is 0 Å². The topological polar surface area (TPSA) is 185 Å². The molecule has 13 heteroatoms. The first-order valence-electron chi connectivity index (χ1n) is 16.9. The van der Waals surface area contributed by atoms with Gasteiger partial charge < -0.3 is 26.6 Å². The number of likely N-dealkylation sites (tertiary alicyclic amines) is 1. The van der Waals surface area contributed by atoms with E-state index < -0.39 is 79.1 Å². The number of amides is 5. The second-order valence-corrected chi connectivity index (χ2v) is 20.7. The fourth-order valence-electron chi connectivity index (χ4n) is 7.00. The lowest BCUT2D eigenvalue weighted by Crippen LogP contribution is -2.62. The molecule has 3 aliphatic rings. The molecule has 3 unspecified atom stereocenters. The van der Waals surface area contributed by atoms with Crippen molar-refractivity contribution in [1.82, 2.24) is 20.9 Å². The number of ketones is 1. The summed E-state index contributed by atoms with van der Waals surface area (Å²) < 4.78 is 25.2. The summed E-state index contributed by atoms with van der Waals surface area (Å²) in [5.74, 6) is -3.08. The number of fused-ring (bicyclic) bond motifs is 1. The van der Waals surface area contributed by atoms with Crippen LogP contribution in [0.15, 0.2) is 0 Å². The van der Waals surface area contributed by atoms with Crippen molar-refractivity contribution in [2.75, 3.05) is 12.3 Å². The second-order valence-electron chi connectivity index (χ2n) is 18.0. The monoisotopic (exact) mass is 681 g/mol. The molecule has 5 amide bonds. The van der Waals surface area contributed by atoms with Gasteiger partial charge in [0.1, 0.15) is 12.1 Å². The van der Waals surface area contributed by atoms with Crippen molar-refractivity contribution < 1.29 is 32.4 Å². The van der Waals surface area contributed by atoms with Crippen LogP contribution in [-0.2, 0) is 29.0 Å². The first kappa shape index (κ1) is 38.7. The van der Waals surface area contributed by atoms with Crippen LogP contribution >= 0.6 is 0 Å². The highest BCUT2D eigenvalue weighted by molar-refractivity contribution is 7.92. The van der Waals surface area contributed by atoms with E-state index in [0.29, 0.717) is 19.4 Å². The Kier molecular flexibility index (Phi) is 11.0. The van der Waals surface area contributed by atoms with Crippen molar-refractivity contribution in [3.63, 3.8) is 0 Å². The predicted octanol–water partition coefficient (Wildman–Crippen LogP) is 2.93. The van der Waals surface area contributed by atoms with Crippen LogP contribution in [0, 0.1) is 34.0 Å².